The fourth-order valence-electron chi connectivity index (χ4n) is 3.34. The molecule has 1 aliphatic carbocycles. The topological polar surface area (TPSA) is 29.1 Å². The highest BCUT2D eigenvalue weighted by molar-refractivity contribution is 5.79. The molecule has 0 saturated carbocycles. The van der Waals surface area contributed by atoms with E-state index in [1.807, 2.05) is 12.1 Å². The summed E-state index contributed by atoms with van der Waals surface area (Å²) in [5, 5.41) is 3.12. The Morgan fingerprint density at radius 2 is 1.91 bits per heavy atom. The molecule has 114 valence electrons. The summed E-state index contributed by atoms with van der Waals surface area (Å²) < 4.78 is 13.7. The third-order valence-electron chi connectivity index (χ3n) is 4.46. The van der Waals surface area contributed by atoms with Crippen molar-refractivity contribution < 1.29 is 9.18 Å². The van der Waals surface area contributed by atoms with Gasteiger partial charge < -0.3 is 5.32 Å². The van der Waals surface area contributed by atoms with Crippen molar-refractivity contribution in [1.82, 2.24) is 5.32 Å². The summed E-state index contributed by atoms with van der Waals surface area (Å²) in [6.45, 7) is 2.06. The largest absolute Gasteiger partial charge is 0.347 e. The molecule has 2 nitrogen and oxygen atoms in total. The normalized spacial score (nSPS) is 20.3. The van der Waals surface area contributed by atoms with Crippen LogP contribution in [-0.4, -0.2) is 5.91 Å². The van der Waals surface area contributed by atoms with E-state index < -0.39 is 0 Å². The molecular formula is C19H20FNO. The molecule has 3 rings (SSSR count). The number of halogens is 1. The average molecular weight is 297 g/mol. The standard InChI is InChI=1S/C19H20FNO/c1-19(12-6-9-14-7-2-4-10-16(14)19)21-18(22)13-15-8-3-5-11-17(15)20/h2-5,7-8,10-11H,6,9,12-13H2,1H3,(H,21,22)/t19-/m0/s1. The highest BCUT2D eigenvalue weighted by Gasteiger charge is 2.33. The lowest BCUT2D eigenvalue weighted by Crippen LogP contribution is -2.46. The van der Waals surface area contributed by atoms with E-state index in [-0.39, 0.29) is 23.7 Å². The van der Waals surface area contributed by atoms with Crippen LogP contribution in [0.1, 0.15) is 36.5 Å². The van der Waals surface area contributed by atoms with Crippen LogP contribution >= 0.6 is 0 Å². The highest BCUT2D eigenvalue weighted by Crippen LogP contribution is 2.34. The Hall–Kier alpha value is -2.16. The van der Waals surface area contributed by atoms with E-state index in [0.29, 0.717) is 5.56 Å². The summed E-state index contributed by atoms with van der Waals surface area (Å²) in [4.78, 5) is 12.4. The molecule has 2 aromatic carbocycles. The van der Waals surface area contributed by atoms with E-state index >= 15 is 0 Å². The lowest BCUT2D eigenvalue weighted by molar-refractivity contribution is -0.122. The monoisotopic (exact) mass is 297 g/mol. The van der Waals surface area contributed by atoms with Gasteiger partial charge in [0.15, 0.2) is 0 Å². The highest BCUT2D eigenvalue weighted by atomic mass is 19.1. The maximum atomic E-state index is 13.7. The molecule has 0 unspecified atom stereocenters. The van der Waals surface area contributed by atoms with Crippen LogP contribution in [-0.2, 0) is 23.2 Å². The van der Waals surface area contributed by atoms with E-state index in [0.717, 1.165) is 19.3 Å². The van der Waals surface area contributed by atoms with Gasteiger partial charge in [0.2, 0.25) is 5.91 Å². The molecule has 0 radical (unpaired) electrons. The molecule has 22 heavy (non-hydrogen) atoms. The van der Waals surface area contributed by atoms with Gasteiger partial charge in [0.1, 0.15) is 5.82 Å². The fourth-order valence-corrected chi connectivity index (χ4v) is 3.34. The fraction of sp³-hybridized carbons (Fsp3) is 0.316. The molecule has 1 atom stereocenters. The number of rotatable bonds is 3. The van der Waals surface area contributed by atoms with E-state index in [4.69, 9.17) is 0 Å². The zero-order chi connectivity index (χ0) is 15.6. The van der Waals surface area contributed by atoms with Crippen LogP contribution in [0.15, 0.2) is 48.5 Å². The first kappa shape index (κ1) is 14.8. The molecule has 0 heterocycles. The molecule has 0 aromatic heterocycles. The van der Waals surface area contributed by atoms with Crippen LogP contribution in [0.4, 0.5) is 4.39 Å². The Kier molecular flexibility index (Phi) is 3.97. The first-order valence-electron chi connectivity index (χ1n) is 7.71. The predicted molar refractivity (Wildman–Crippen MR) is 85.0 cm³/mol. The number of hydrogen-bond donors (Lipinski definition) is 1. The summed E-state index contributed by atoms with van der Waals surface area (Å²) in [5.41, 5.74) is 2.55. The molecule has 1 amide bonds. The minimum absolute atomic E-state index is 0.0738. The van der Waals surface area contributed by atoms with Crippen molar-refractivity contribution in [3.8, 4) is 0 Å². The Morgan fingerprint density at radius 1 is 1.18 bits per heavy atom. The molecule has 0 bridgehead atoms. The molecule has 0 spiro atoms. The van der Waals surface area contributed by atoms with Crippen LogP contribution in [0.5, 0.6) is 0 Å². The van der Waals surface area contributed by atoms with E-state index in [1.165, 1.54) is 17.2 Å². The maximum Gasteiger partial charge on any atom is 0.225 e. The van der Waals surface area contributed by atoms with Gasteiger partial charge in [-0.2, -0.15) is 0 Å². The van der Waals surface area contributed by atoms with Crippen LogP contribution in [0.2, 0.25) is 0 Å². The second-order valence-corrected chi connectivity index (χ2v) is 6.16. The van der Waals surface area contributed by atoms with Crippen LogP contribution in [0, 0.1) is 5.82 Å². The van der Waals surface area contributed by atoms with Gasteiger partial charge in [0, 0.05) is 0 Å². The number of hydrogen-bond acceptors (Lipinski definition) is 1. The van der Waals surface area contributed by atoms with E-state index in [9.17, 15) is 9.18 Å². The maximum absolute atomic E-state index is 13.7. The SMILES string of the molecule is C[C@]1(NC(=O)Cc2ccccc2F)CCCc2ccccc21. The number of benzene rings is 2. The van der Waals surface area contributed by atoms with Gasteiger partial charge in [0.05, 0.1) is 12.0 Å². The van der Waals surface area contributed by atoms with Crippen LogP contribution < -0.4 is 5.32 Å². The van der Waals surface area contributed by atoms with Crippen molar-refractivity contribution in [3.05, 3.63) is 71.0 Å². The summed E-state index contributed by atoms with van der Waals surface area (Å²) >= 11 is 0. The average Bonchev–Trinajstić information content (AvgIpc) is 2.50. The molecule has 1 aliphatic rings. The molecule has 2 aromatic rings. The minimum atomic E-state index is -0.364. The van der Waals surface area contributed by atoms with E-state index in [2.05, 4.69) is 24.4 Å². The number of carbonyl (C=O) groups is 1. The Bertz CT molecular complexity index is 697. The Morgan fingerprint density at radius 3 is 2.73 bits per heavy atom. The first-order chi connectivity index (χ1) is 10.6. The molecule has 0 saturated heterocycles. The van der Waals surface area contributed by atoms with Gasteiger partial charge in [-0.05, 0) is 48.9 Å². The smallest absolute Gasteiger partial charge is 0.225 e. The summed E-state index contributed by atoms with van der Waals surface area (Å²) in [7, 11) is 0. The van der Waals surface area contributed by atoms with Gasteiger partial charge >= 0.3 is 0 Å². The van der Waals surface area contributed by atoms with E-state index in [1.54, 1.807) is 18.2 Å². The molecular weight excluding hydrogens is 277 g/mol. The molecule has 0 fully saturated rings. The van der Waals surface area contributed by atoms with Crippen molar-refractivity contribution in [2.24, 2.45) is 0 Å². The Labute approximate surface area is 130 Å². The molecule has 3 heteroatoms. The number of carbonyl (C=O) groups excluding carboxylic acids is 1. The van der Waals surface area contributed by atoms with Crippen molar-refractivity contribution >= 4 is 5.91 Å². The van der Waals surface area contributed by atoms with Gasteiger partial charge in [-0.15, -0.1) is 0 Å². The predicted octanol–water partition coefficient (Wildman–Crippen LogP) is 3.74. The number of fused-ring (bicyclic) bond motifs is 1. The Balaban J connectivity index is 1.78. The van der Waals surface area contributed by atoms with Crippen molar-refractivity contribution in [2.45, 2.75) is 38.1 Å². The number of amides is 1. The summed E-state index contributed by atoms with van der Waals surface area (Å²) in [5.74, 6) is -0.462. The minimum Gasteiger partial charge on any atom is -0.347 e. The zero-order valence-corrected chi connectivity index (χ0v) is 12.7. The van der Waals surface area contributed by atoms with Crippen molar-refractivity contribution in [2.75, 3.05) is 0 Å². The van der Waals surface area contributed by atoms with Crippen molar-refractivity contribution in [1.29, 1.82) is 0 Å². The quantitative estimate of drug-likeness (QED) is 0.919. The third kappa shape index (κ3) is 2.89. The van der Waals surface area contributed by atoms with Crippen LogP contribution in [0.25, 0.3) is 0 Å². The zero-order valence-electron chi connectivity index (χ0n) is 12.7. The first-order valence-corrected chi connectivity index (χ1v) is 7.71. The lowest BCUT2D eigenvalue weighted by Gasteiger charge is -2.37. The summed E-state index contributed by atoms with van der Waals surface area (Å²) in [6.07, 6.45) is 3.08. The summed E-state index contributed by atoms with van der Waals surface area (Å²) in [6, 6.07) is 14.7. The second-order valence-electron chi connectivity index (χ2n) is 6.16. The molecule has 1 N–H and O–H groups in total. The van der Waals surface area contributed by atoms with Gasteiger partial charge in [-0.25, -0.2) is 4.39 Å². The van der Waals surface area contributed by atoms with Crippen molar-refractivity contribution in [3.63, 3.8) is 0 Å². The second kappa shape index (κ2) is 5.91. The van der Waals surface area contributed by atoms with Gasteiger partial charge in [0.25, 0.3) is 0 Å². The van der Waals surface area contributed by atoms with Crippen LogP contribution in [0.3, 0.4) is 0 Å². The van der Waals surface area contributed by atoms with Gasteiger partial charge in [-0.3, -0.25) is 4.79 Å². The number of aryl methyl sites for hydroxylation is 1. The molecule has 0 aliphatic heterocycles. The lowest BCUT2D eigenvalue weighted by atomic mass is 9.77. The third-order valence-corrected chi connectivity index (χ3v) is 4.46. The van der Waals surface area contributed by atoms with Gasteiger partial charge in [-0.1, -0.05) is 42.5 Å². The number of nitrogens with one attached hydrogen (secondary N) is 1.